The SMILES string of the molecule is C1=CC(n2c3ccccc3c3ccccc32)Cc2c1oc1ccc(-c3cc(-c4ccc5oc6ccc(-n7c8ccccc8c8ccccc87)cc6c5c4)c4ccccc4c3)cc21. The monoisotopic (exact) mass is 792 g/mol. The molecule has 290 valence electrons. The Morgan fingerprint density at radius 3 is 1.66 bits per heavy atom. The number of hydrogen-bond acceptors (Lipinski definition) is 2. The summed E-state index contributed by atoms with van der Waals surface area (Å²) in [6, 6.07) is 68.4. The van der Waals surface area contributed by atoms with Gasteiger partial charge in [-0.3, -0.25) is 0 Å². The zero-order valence-electron chi connectivity index (χ0n) is 33.5. The first kappa shape index (κ1) is 33.7. The summed E-state index contributed by atoms with van der Waals surface area (Å²) in [5.74, 6) is 0.954. The molecule has 0 amide bonds. The van der Waals surface area contributed by atoms with Gasteiger partial charge in [-0.1, -0.05) is 115 Å². The quantitative estimate of drug-likeness (QED) is 0.178. The number of hydrogen-bond donors (Lipinski definition) is 0. The molecule has 0 bridgehead atoms. The number of allylic oxidation sites excluding steroid dienone is 1. The van der Waals surface area contributed by atoms with Gasteiger partial charge in [-0.2, -0.15) is 0 Å². The highest BCUT2D eigenvalue weighted by Gasteiger charge is 2.25. The van der Waals surface area contributed by atoms with Crippen LogP contribution in [0, 0.1) is 0 Å². The molecule has 14 rings (SSSR count). The fraction of sp³-hybridized carbons (Fsp3) is 0.0345. The first-order chi connectivity index (χ1) is 30.7. The third-order valence-corrected chi connectivity index (χ3v) is 13.5. The van der Waals surface area contributed by atoms with Gasteiger partial charge in [-0.15, -0.1) is 0 Å². The average Bonchev–Trinajstić information content (AvgIpc) is 4.08. The zero-order chi connectivity index (χ0) is 40.5. The number of benzene rings is 9. The summed E-state index contributed by atoms with van der Waals surface area (Å²) in [6.07, 6.45) is 5.35. The van der Waals surface area contributed by atoms with Crippen molar-refractivity contribution in [1.29, 1.82) is 0 Å². The van der Waals surface area contributed by atoms with Crippen molar-refractivity contribution < 1.29 is 8.83 Å². The predicted molar refractivity (Wildman–Crippen MR) is 257 cm³/mol. The van der Waals surface area contributed by atoms with E-state index in [1.54, 1.807) is 0 Å². The summed E-state index contributed by atoms with van der Waals surface area (Å²) in [7, 11) is 0. The molecule has 62 heavy (non-hydrogen) atoms. The lowest BCUT2D eigenvalue weighted by Crippen LogP contribution is -2.12. The largest absolute Gasteiger partial charge is 0.456 e. The number of furan rings is 2. The summed E-state index contributed by atoms with van der Waals surface area (Å²) in [4.78, 5) is 0. The van der Waals surface area contributed by atoms with Crippen LogP contribution in [0.15, 0.2) is 203 Å². The van der Waals surface area contributed by atoms with Crippen molar-refractivity contribution >= 4 is 93.4 Å². The van der Waals surface area contributed by atoms with Crippen LogP contribution in [0.25, 0.3) is 121 Å². The van der Waals surface area contributed by atoms with Crippen LogP contribution in [0.5, 0.6) is 0 Å². The Kier molecular flexibility index (Phi) is 6.92. The smallest absolute Gasteiger partial charge is 0.135 e. The van der Waals surface area contributed by atoms with E-state index in [2.05, 4.69) is 209 Å². The molecule has 4 heteroatoms. The van der Waals surface area contributed by atoms with Crippen LogP contribution in [-0.2, 0) is 6.42 Å². The number of fused-ring (bicyclic) bond motifs is 13. The van der Waals surface area contributed by atoms with E-state index in [1.165, 1.54) is 82.0 Å². The Labute approximate surface area is 355 Å². The standard InChI is InChI=1S/C58H36N2O2/c1-2-12-41-36(11-1)29-38(35-21-25-55-47(30-35)49-33-39(23-27-57(49)61-55)59-51-17-7-3-13-42(51)43-14-4-8-18-52(43)59)32-46(41)37-22-26-56-48(31-37)50-34-40(24-28-58(50)62-56)60-53-19-9-5-15-44(53)45-16-6-10-20-54(45)60/h1-32,34,39H,33H2. The molecule has 4 heterocycles. The minimum atomic E-state index is 0.163. The highest BCUT2D eigenvalue weighted by Crippen LogP contribution is 2.43. The van der Waals surface area contributed by atoms with Crippen molar-refractivity contribution in [1.82, 2.24) is 9.13 Å². The van der Waals surface area contributed by atoms with Gasteiger partial charge < -0.3 is 18.0 Å². The molecule has 0 radical (unpaired) electrons. The highest BCUT2D eigenvalue weighted by molar-refractivity contribution is 6.12. The van der Waals surface area contributed by atoms with Crippen LogP contribution in [-0.4, -0.2) is 9.13 Å². The topological polar surface area (TPSA) is 36.1 Å². The molecular weight excluding hydrogens is 757 g/mol. The van der Waals surface area contributed by atoms with E-state index in [0.717, 1.165) is 51.0 Å². The molecule has 0 spiro atoms. The second kappa shape index (κ2) is 12.7. The Hall–Kier alpha value is -8.08. The van der Waals surface area contributed by atoms with E-state index in [1.807, 2.05) is 0 Å². The Morgan fingerprint density at radius 1 is 0.403 bits per heavy atom. The third kappa shape index (κ3) is 4.83. The van der Waals surface area contributed by atoms with Gasteiger partial charge in [0.25, 0.3) is 0 Å². The lowest BCUT2D eigenvalue weighted by molar-refractivity contribution is 0.572. The number of rotatable bonds is 4. The van der Waals surface area contributed by atoms with Crippen molar-refractivity contribution in [2.45, 2.75) is 12.5 Å². The van der Waals surface area contributed by atoms with E-state index >= 15 is 0 Å². The van der Waals surface area contributed by atoms with Crippen molar-refractivity contribution in [3.05, 3.63) is 205 Å². The first-order valence-electron chi connectivity index (χ1n) is 21.4. The maximum absolute atomic E-state index is 6.52. The van der Waals surface area contributed by atoms with Gasteiger partial charge in [-0.25, -0.2) is 0 Å². The molecule has 1 aliphatic carbocycles. The van der Waals surface area contributed by atoms with Crippen LogP contribution in [0.3, 0.4) is 0 Å². The fourth-order valence-corrected chi connectivity index (χ4v) is 10.6. The summed E-state index contributed by atoms with van der Waals surface area (Å²) < 4.78 is 17.9. The number of para-hydroxylation sites is 4. The second-order valence-corrected chi connectivity index (χ2v) is 16.8. The Bertz CT molecular complexity index is 3930. The van der Waals surface area contributed by atoms with E-state index in [0.29, 0.717) is 0 Å². The van der Waals surface area contributed by atoms with E-state index in [-0.39, 0.29) is 6.04 Å². The minimum absolute atomic E-state index is 0.163. The first-order valence-corrected chi connectivity index (χ1v) is 21.4. The molecular formula is C58H36N2O2. The van der Waals surface area contributed by atoms with Gasteiger partial charge in [0.05, 0.1) is 17.1 Å². The van der Waals surface area contributed by atoms with Crippen LogP contribution < -0.4 is 0 Å². The molecule has 0 saturated heterocycles. The van der Waals surface area contributed by atoms with E-state index < -0.39 is 0 Å². The fourth-order valence-electron chi connectivity index (χ4n) is 10.6. The number of aromatic nitrogens is 2. The summed E-state index contributed by atoms with van der Waals surface area (Å²) in [5.41, 5.74) is 14.6. The highest BCUT2D eigenvalue weighted by atomic mass is 16.3. The van der Waals surface area contributed by atoms with Gasteiger partial charge in [0, 0.05) is 66.4 Å². The number of nitrogens with zero attached hydrogens (tertiary/aromatic N) is 2. The van der Waals surface area contributed by atoms with Crippen LogP contribution >= 0.6 is 0 Å². The lowest BCUT2D eigenvalue weighted by atomic mass is 9.91. The Morgan fingerprint density at radius 2 is 0.952 bits per heavy atom. The minimum Gasteiger partial charge on any atom is -0.456 e. The van der Waals surface area contributed by atoms with Crippen molar-refractivity contribution in [3.63, 3.8) is 0 Å². The Balaban J connectivity index is 0.891. The molecule has 0 N–H and O–H groups in total. The maximum atomic E-state index is 6.52. The van der Waals surface area contributed by atoms with Gasteiger partial charge in [0.15, 0.2) is 0 Å². The molecule has 0 aliphatic heterocycles. The molecule has 1 aliphatic rings. The maximum Gasteiger partial charge on any atom is 0.135 e. The van der Waals surface area contributed by atoms with Gasteiger partial charge in [0.2, 0.25) is 0 Å². The third-order valence-electron chi connectivity index (χ3n) is 13.5. The summed E-state index contributed by atoms with van der Waals surface area (Å²) in [5, 5.41) is 10.9. The van der Waals surface area contributed by atoms with Crippen LogP contribution in [0.1, 0.15) is 17.4 Å². The zero-order valence-corrected chi connectivity index (χ0v) is 33.5. The molecule has 9 aromatic carbocycles. The molecule has 13 aromatic rings. The van der Waals surface area contributed by atoms with Crippen LogP contribution in [0.2, 0.25) is 0 Å². The van der Waals surface area contributed by atoms with Gasteiger partial charge in [0.1, 0.15) is 22.5 Å². The van der Waals surface area contributed by atoms with Gasteiger partial charge in [-0.05, 0) is 118 Å². The molecule has 1 atom stereocenters. The van der Waals surface area contributed by atoms with Crippen molar-refractivity contribution in [2.75, 3.05) is 0 Å². The molecule has 0 fully saturated rings. The molecule has 0 saturated carbocycles. The van der Waals surface area contributed by atoms with E-state index in [4.69, 9.17) is 8.83 Å². The predicted octanol–water partition coefficient (Wildman–Crippen LogP) is 15.8. The van der Waals surface area contributed by atoms with Crippen LogP contribution in [0.4, 0.5) is 0 Å². The summed E-state index contributed by atoms with van der Waals surface area (Å²) in [6.45, 7) is 0. The molecule has 1 unspecified atom stereocenters. The molecule has 4 nitrogen and oxygen atoms in total. The molecule has 4 aromatic heterocycles. The van der Waals surface area contributed by atoms with Crippen molar-refractivity contribution in [3.8, 4) is 27.9 Å². The van der Waals surface area contributed by atoms with Crippen molar-refractivity contribution in [2.24, 2.45) is 0 Å². The average molecular weight is 793 g/mol. The van der Waals surface area contributed by atoms with Gasteiger partial charge >= 0.3 is 0 Å². The normalized spacial score (nSPS) is 14.2. The lowest BCUT2D eigenvalue weighted by Gasteiger charge is -2.21. The summed E-state index contributed by atoms with van der Waals surface area (Å²) >= 11 is 0. The second-order valence-electron chi connectivity index (χ2n) is 16.8. The van der Waals surface area contributed by atoms with E-state index in [9.17, 15) is 0 Å².